The minimum atomic E-state index is -0.901. The molecule has 1 N–H and O–H groups in total. The maximum absolute atomic E-state index is 13.0. The van der Waals surface area contributed by atoms with Gasteiger partial charge in [0.2, 0.25) is 0 Å². The van der Waals surface area contributed by atoms with E-state index in [1.807, 2.05) is 7.05 Å². The van der Waals surface area contributed by atoms with Gasteiger partial charge < -0.3 is 5.32 Å². The summed E-state index contributed by atoms with van der Waals surface area (Å²) < 4.78 is 13.0. The van der Waals surface area contributed by atoms with Gasteiger partial charge in [-0.25, -0.2) is 0 Å². The Labute approximate surface area is 125 Å². The fourth-order valence-electron chi connectivity index (χ4n) is 3.23. The lowest BCUT2D eigenvalue weighted by Crippen LogP contribution is -2.41. The molecule has 1 aliphatic rings. The molecule has 0 heterocycles. The molecule has 1 aliphatic carbocycles. The molecule has 0 spiro atoms. The first kappa shape index (κ1) is 15.7. The number of aryl methyl sites for hydroxylation is 2. The van der Waals surface area contributed by atoms with Gasteiger partial charge in [-0.05, 0) is 45.4 Å². The maximum Gasteiger partial charge on any atom is 0.0579 e. The fraction of sp³-hybridized carbons (Fsp3) is 0.647. The lowest BCUT2D eigenvalue weighted by Gasteiger charge is -2.29. The van der Waals surface area contributed by atoms with Gasteiger partial charge in [0.15, 0.2) is 0 Å². The summed E-state index contributed by atoms with van der Waals surface area (Å²) in [5.74, 6) is 0. The van der Waals surface area contributed by atoms with Crippen LogP contribution in [0.2, 0.25) is 0 Å². The third-order valence-corrected chi connectivity index (χ3v) is 6.40. The van der Waals surface area contributed by atoms with E-state index in [0.717, 1.165) is 17.7 Å². The average molecular weight is 293 g/mol. The van der Waals surface area contributed by atoms with Gasteiger partial charge in [0.1, 0.15) is 0 Å². The summed E-state index contributed by atoms with van der Waals surface area (Å²) in [4.78, 5) is 1.03. The third-order valence-electron chi connectivity index (χ3n) is 4.40. The highest BCUT2D eigenvalue weighted by Crippen LogP contribution is 2.26. The summed E-state index contributed by atoms with van der Waals surface area (Å²) in [5, 5.41) is 3.66. The second kappa shape index (κ2) is 7.37. The molecule has 3 atom stereocenters. The molecular formula is C17H27NOS. The Morgan fingerprint density at radius 3 is 2.45 bits per heavy atom. The predicted octanol–water partition coefficient (Wildman–Crippen LogP) is 3.72. The van der Waals surface area contributed by atoms with Gasteiger partial charge in [-0.2, -0.15) is 0 Å². The van der Waals surface area contributed by atoms with Gasteiger partial charge >= 0.3 is 0 Å². The monoisotopic (exact) mass is 293 g/mol. The van der Waals surface area contributed by atoms with Crippen molar-refractivity contribution in [2.24, 2.45) is 0 Å². The first-order valence-electron chi connectivity index (χ1n) is 7.78. The van der Waals surface area contributed by atoms with Gasteiger partial charge in [-0.1, -0.05) is 43.4 Å². The molecule has 2 nitrogen and oxygen atoms in total. The van der Waals surface area contributed by atoms with Crippen LogP contribution in [-0.4, -0.2) is 22.5 Å². The highest BCUT2D eigenvalue weighted by molar-refractivity contribution is 7.85. The van der Waals surface area contributed by atoms with E-state index in [-0.39, 0.29) is 5.25 Å². The SMILES string of the molecule is CNC1CCCCCCC1S(=O)c1ccc(C)cc1C. The minimum Gasteiger partial charge on any atom is -0.316 e. The van der Waals surface area contributed by atoms with E-state index in [4.69, 9.17) is 0 Å². The third kappa shape index (κ3) is 3.70. The minimum absolute atomic E-state index is 0.252. The average Bonchev–Trinajstić information content (AvgIpc) is 2.38. The summed E-state index contributed by atoms with van der Waals surface area (Å²) in [5.41, 5.74) is 2.41. The molecule has 20 heavy (non-hydrogen) atoms. The zero-order valence-corrected chi connectivity index (χ0v) is 13.8. The first-order chi connectivity index (χ1) is 9.63. The number of hydrogen-bond donors (Lipinski definition) is 1. The smallest absolute Gasteiger partial charge is 0.0579 e. The van der Waals surface area contributed by atoms with Crippen LogP contribution < -0.4 is 5.32 Å². The summed E-state index contributed by atoms with van der Waals surface area (Å²) in [6, 6.07) is 6.67. The van der Waals surface area contributed by atoms with Crippen LogP contribution in [0.4, 0.5) is 0 Å². The zero-order chi connectivity index (χ0) is 14.5. The van der Waals surface area contributed by atoms with Crippen LogP contribution in [0.1, 0.15) is 49.7 Å². The lowest BCUT2D eigenvalue weighted by atomic mass is 9.96. The zero-order valence-electron chi connectivity index (χ0n) is 12.9. The van der Waals surface area contributed by atoms with E-state index >= 15 is 0 Å². The second-order valence-electron chi connectivity index (χ2n) is 5.99. The van der Waals surface area contributed by atoms with Crippen molar-refractivity contribution in [3.8, 4) is 0 Å². The van der Waals surface area contributed by atoms with E-state index in [1.165, 1.54) is 36.8 Å². The van der Waals surface area contributed by atoms with Crippen molar-refractivity contribution in [3.63, 3.8) is 0 Å². The Balaban J connectivity index is 2.23. The quantitative estimate of drug-likeness (QED) is 0.920. The Hall–Kier alpha value is -0.670. The second-order valence-corrected chi connectivity index (χ2v) is 7.63. The maximum atomic E-state index is 13.0. The molecule has 0 aliphatic heterocycles. The molecule has 0 radical (unpaired) electrons. The van der Waals surface area contributed by atoms with Crippen molar-refractivity contribution in [2.45, 2.75) is 68.6 Å². The Kier molecular flexibility index (Phi) is 5.79. The molecule has 1 saturated carbocycles. The number of nitrogens with one attached hydrogen (secondary N) is 1. The van der Waals surface area contributed by atoms with Gasteiger partial charge in [0, 0.05) is 10.9 Å². The Morgan fingerprint density at radius 1 is 1.10 bits per heavy atom. The van der Waals surface area contributed by atoms with Crippen molar-refractivity contribution < 1.29 is 4.21 Å². The fourth-order valence-corrected chi connectivity index (χ4v) is 5.08. The number of benzene rings is 1. The lowest BCUT2D eigenvalue weighted by molar-refractivity contribution is 0.414. The summed E-state index contributed by atoms with van der Waals surface area (Å²) >= 11 is 0. The van der Waals surface area contributed by atoms with Crippen LogP contribution in [0.25, 0.3) is 0 Å². The highest BCUT2D eigenvalue weighted by atomic mass is 32.2. The van der Waals surface area contributed by atoms with Crippen LogP contribution in [0.5, 0.6) is 0 Å². The molecule has 3 heteroatoms. The standard InChI is InChI=1S/C17H27NOS/c1-13-10-11-16(14(2)12-13)20(19)17-9-7-5-4-6-8-15(17)18-3/h10-12,15,17-18H,4-9H2,1-3H3. The summed E-state index contributed by atoms with van der Waals surface area (Å²) in [7, 11) is 1.11. The van der Waals surface area contributed by atoms with E-state index in [0.29, 0.717) is 6.04 Å². The van der Waals surface area contributed by atoms with Crippen LogP contribution in [-0.2, 0) is 10.8 Å². The summed E-state index contributed by atoms with van der Waals surface area (Å²) in [6.45, 7) is 4.17. The molecule has 3 unspecified atom stereocenters. The van der Waals surface area contributed by atoms with Gasteiger partial charge in [0.25, 0.3) is 0 Å². The van der Waals surface area contributed by atoms with E-state index < -0.39 is 10.8 Å². The highest BCUT2D eigenvalue weighted by Gasteiger charge is 2.28. The van der Waals surface area contributed by atoms with Crippen molar-refractivity contribution in [3.05, 3.63) is 29.3 Å². The molecule has 1 aromatic rings. The molecule has 0 amide bonds. The van der Waals surface area contributed by atoms with Crippen molar-refractivity contribution in [1.82, 2.24) is 5.32 Å². The normalized spacial score (nSPS) is 25.8. The first-order valence-corrected chi connectivity index (χ1v) is 9.00. The van der Waals surface area contributed by atoms with Gasteiger partial charge in [0.05, 0.1) is 16.0 Å². The van der Waals surface area contributed by atoms with Crippen molar-refractivity contribution >= 4 is 10.8 Å². The van der Waals surface area contributed by atoms with Gasteiger partial charge in [-0.3, -0.25) is 4.21 Å². The van der Waals surface area contributed by atoms with Crippen LogP contribution in [0.3, 0.4) is 0 Å². The Bertz CT molecular complexity index is 472. The van der Waals surface area contributed by atoms with E-state index in [2.05, 4.69) is 37.4 Å². The van der Waals surface area contributed by atoms with Crippen LogP contribution in [0, 0.1) is 13.8 Å². The van der Waals surface area contributed by atoms with E-state index in [1.54, 1.807) is 0 Å². The number of rotatable bonds is 3. The van der Waals surface area contributed by atoms with E-state index in [9.17, 15) is 4.21 Å². The molecule has 0 saturated heterocycles. The molecule has 2 rings (SSSR count). The van der Waals surface area contributed by atoms with Crippen LogP contribution >= 0.6 is 0 Å². The van der Waals surface area contributed by atoms with Gasteiger partial charge in [-0.15, -0.1) is 0 Å². The largest absolute Gasteiger partial charge is 0.316 e. The molecule has 1 fully saturated rings. The van der Waals surface area contributed by atoms with Crippen LogP contribution in [0.15, 0.2) is 23.1 Å². The molecule has 0 bridgehead atoms. The van der Waals surface area contributed by atoms with Crippen molar-refractivity contribution in [1.29, 1.82) is 0 Å². The molecule has 0 aromatic heterocycles. The topological polar surface area (TPSA) is 29.1 Å². The Morgan fingerprint density at radius 2 is 1.80 bits per heavy atom. The van der Waals surface area contributed by atoms with Crippen molar-refractivity contribution in [2.75, 3.05) is 7.05 Å². The predicted molar refractivity (Wildman–Crippen MR) is 86.7 cm³/mol. The molecule has 112 valence electrons. The molecular weight excluding hydrogens is 266 g/mol. The summed E-state index contributed by atoms with van der Waals surface area (Å²) in [6.07, 6.45) is 7.30. The number of hydrogen-bond acceptors (Lipinski definition) is 2. The molecule has 1 aromatic carbocycles.